The molecule has 0 spiro atoms. The number of halogens is 2. The third-order valence-corrected chi connectivity index (χ3v) is 5.59. The lowest BCUT2D eigenvalue weighted by Crippen LogP contribution is -2.46. The summed E-state index contributed by atoms with van der Waals surface area (Å²) in [5, 5.41) is 0. The zero-order chi connectivity index (χ0) is 14.9. The standard InChI is InChI=1S/C14H16Br2N2OS/c1-14(13(17)20)4-6-18(7-5-14)12(19)10-8-9(15)2-3-11(10)16/h2-3,8H,4-7H2,1H3,(H2,17,20). The Kier molecular flexibility index (Phi) is 4.87. The molecule has 2 N–H and O–H groups in total. The third-order valence-electron chi connectivity index (χ3n) is 3.91. The van der Waals surface area contributed by atoms with Crippen molar-refractivity contribution in [1.29, 1.82) is 0 Å². The van der Waals surface area contributed by atoms with Gasteiger partial charge in [-0.25, -0.2) is 0 Å². The quantitative estimate of drug-likeness (QED) is 0.742. The molecule has 0 atom stereocenters. The SMILES string of the molecule is CC1(C(N)=S)CCN(C(=O)c2cc(Br)ccc2Br)CC1. The second-order valence-electron chi connectivity index (χ2n) is 5.34. The van der Waals surface area contributed by atoms with Gasteiger partial charge in [0.2, 0.25) is 0 Å². The fraction of sp³-hybridized carbons (Fsp3) is 0.429. The van der Waals surface area contributed by atoms with Gasteiger partial charge in [-0.2, -0.15) is 0 Å². The number of carbonyl (C=O) groups excluding carboxylic acids is 1. The van der Waals surface area contributed by atoms with Crippen molar-refractivity contribution < 1.29 is 4.79 Å². The van der Waals surface area contributed by atoms with Crippen LogP contribution in [0.4, 0.5) is 0 Å². The van der Waals surface area contributed by atoms with Crippen LogP contribution in [-0.4, -0.2) is 28.9 Å². The molecule has 1 aromatic rings. The summed E-state index contributed by atoms with van der Waals surface area (Å²) < 4.78 is 1.71. The van der Waals surface area contributed by atoms with Crippen LogP contribution < -0.4 is 5.73 Å². The van der Waals surface area contributed by atoms with Crippen LogP contribution in [0.2, 0.25) is 0 Å². The molecule has 3 nitrogen and oxygen atoms in total. The van der Waals surface area contributed by atoms with Crippen molar-refractivity contribution >= 4 is 55.0 Å². The van der Waals surface area contributed by atoms with Crippen molar-refractivity contribution in [3.63, 3.8) is 0 Å². The van der Waals surface area contributed by atoms with E-state index in [1.54, 1.807) is 0 Å². The molecule has 108 valence electrons. The first-order valence-electron chi connectivity index (χ1n) is 6.38. The molecule has 0 bridgehead atoms. The maximum absolute atomic E-state index is 12.6. The fourth-order valence-electron chi connectivity index (χ4n) is 2.28. The smallest absolute Gasteiger partial charge is 0.255 e. The zero-order valence-electron chi connectivity index (χ0n) is 11.2. The van der Waals surface area contributed by atoms with Gasteiger partial charge in [-0.1, -0.05) is 35.1 Å². The Morgan fingerprint density at radius 1 is 1.35 bits per heavy atom. The second-order valence-corrected chi connectivity index (χ2v) is 7.55. The first-order valence-corrected chi connectivity index (χ1v) is 8.37. The van der Waals surface area contributed by atoms with Gasteiger partial charge in [0.15, 0.2) is 0 Å². The number of amides is 1. The molecule has 6 heteroatoms. The number of benzene rings is 1. The molecular formula is C14H16Br2N2OS. The van der Waals surface area contributed by atoms with Gasteiger partial charge in [-0.3, -0.25) is 4.79 Å². The topological polar surface area (TPSA) is 46.3 Å². The average Bonchev–Trinajstić information content (AvgIpc) is 2.41. The highest BCUT2D eigenvalue weighted by Crippen LogP contribution is 2.32. The minimum Gasteiger partial charge on any atom is -0.393 e. The van der Waals surface area contributed by atoms with Crippen molar-refractivity contribution in [1.82, 2.24) is 4.90 Å². The van der Waals surface area contributed by atoms with Crippen LogP contribution in [0.3, 0.4) is 0 Å². The number of carbonyl (C=O) groups is 1. The van der Waals surface area contributed by atoms with Crippen LogP contribution in [0.25, 0.3) is 0 Å². The Hall–Kier alpha value is -0.460. The van der Waals surface area contributed by atoms with E-state index in [2.05, 4.69) is 38.8 Å². The molecule has 20 heavy (non-hydrogen) atoms. The maximum atomic E-state index is 12.6. The van der Waals surface area contributed by atoms with Crippen LogP contribution in [0.15, 0.2) is 27.1 Å². The maximum Gasteiger partial charge on any atom is 0.255 e. The Morgan fingerprint density at radius 2 is 1.95 bits per heavy atom. The zero-order valence-corrected chi connectivity index (χ0v) is 15.1. The van der Waals surface area contributed by atoms with Gasteiger partial charge in [0.25, 0.3) is 5.91 Å². The van der Waals surface area contributed by atoms with Gasteiger partial charge in [0.1, 0.15) is 0 Å². The highest BCUT2D eigenvalue weighted by Gasteiger charge is 2.34. The molecule has 1 amide bonds. The van der Waals surface area contributed by atoms with Gasteiger partial charge in [0, 0.05) is 27.4 Å². The lowest BCUT2D eigenvalue weighted by Gasteiger charge is -2.38. The number of nitrogens with two attached hydrogens (primary N) is 1. The first kappa shape index (κ1) is 15.9. The molecule has 1 aliphatic rings. The van der Waals surface area contributed by atoms with Crippen LogP contribution in [0.5, 0.6) is 0 Å². The van der Waals surface area contributed by atoms with Gasteiger partial charge in [-0.15, -0.1) is 0 Å². The van der Waals surface area contributed by atoms with Gasteiger partial charge >= 0.3 is 0 Å². The molecule has 0 saturated carbocycles. The normalized spacial score (nSPS) is 17.9. The van der Waals surface area contributed by atoms with Gasteiger partial charge in [-0.05, 0) is 47.0 Å². The van der Waals surface area contributed by atoms with Gasteiger partial charge in [0.05, 0.1) is 10.6 Å². The van der Waals surface area contributed by atoms with Crippen molar-refractivity contribution in [2.24, 2.45) is 11.1 Å². The van der Waals surface area contributed by atoms with Crippen molar-refractivity contribution in [3.05, 3.63) is 32.7 Å². The van der Waals surface area contributed by atoms with Crippen LogP contribution >= 0.6 is 44.1 Å². The summed E-state index contributed by atoms with van der Waals surface area (Å²) in [4.78, 5) is 15.0. The van der Waals surface area contributed by atoms with E-state index in [9.17, 15) is 4.79 Å². The summed E-state index contributed by atoms with van der Waals surface area (Å²) in [6.45, 7) is 3.45. The van der Waals surface area contributed by atoms with E-state index in [1.165, 1.54) is 0 Å². The Labute approximate surface area is 141 Å². The Bertz CT molecular complexity index is 554. The number of piperidine rings is 1. The number of nitrogens with zero attached hydrogens (tertiary/aromatic N) is 1. The summed E-state index contributed by atoms with van der Waals surface area (Å²) in [6, 6.07) is 5.62. The Balaban J connectivity index is 2.13. The minimum atomic E-state index is -0.124. The average molecular weight is 420 g/mol. The molecule has 1 fully saturated rings. The molecular weight excluding hydrogens is 404 g/mol. The number of likely N-dealkylation sites (tertiary alicyclic amines) is 1. The molecule has 1 heterocycles. The van der Waals surface area contributed by atoms with E-state index in [-0.39, 0.29) is 11.3 Å². The summed E-state index contributed by atoms with van der Waals surface area (Å²) in [5.41, 5.74) is 6.35. The minimum absolute atomic E-state index is 0.0446. The predicted molar refractivity (Wildman–Crippen MR) is 91.9 cm³/mol. The summed E-state index contributed by atoms with van der Waals surface area (Å²) in [5.74, 6) is 0.0446. The van der Waals surface area contributed by atoms with Crippen molar-refractivity contribution in [2.45, 2.75) is 19.8 Å². The van der Waals surface area contributed by atoms with Crippen LogP contribution in [0, 0.1) is 5.41 Å². The Morgan fingerprint density at radius 3 is 2.50 bits per heavy atom. The van der Waals surface area contributed by atoms with E-state index < -0.39 is 0 Å². The first-order chi connectivity index (χ1) is 9.33. The molecule has 1 aliphatic heterocycles. The van der Waals surface area contributed by atoms with E-state index >= 15 is 0 Å². The summed E-state index contributed by atoms with van der Waals surface area (Å²) >= 11 is 12.0. The largest absolute Gasteiger partial charge is 0.393 e. The van der Waals surface area contributed by atoms with Crippen molar-refractivity contribution in [3.8, 4) is 0 Å². The molecule has 0 aromatic heterocycles. The lowest BCUT2D eigenvalue weighted by molar-refractivity contribution is 0.0669. The van der Waals surface area contributed by atoms with E-state index in [4.69, 9.17) is 18.0 Å². The molecule has 0 aliphatic carbocycles. The van der Waals surface area contributed by atoms with Crippen molar-refractivity contribution in [2.75, 3.05) is 13.1 Å². The predicted octanol–water partition coefficient (Wildman–Crippen LogP) is 3.74. The lowest BCUT2D eigenvalue weighted by atomic mass is 9.80. The molecule has 0 radical (unpaired) electrons. The van der Waals surface area contributed by atoms with E-state index in [0.29, 0.717) is 23.6 Å². The van der Waals surface area contributed by atoms with E-state index in [1.807, 2.05) is 23.1 Å². The number of rotatable bonds is 2. The highest BCUT2D eigenvalue weighted by atomic mass is 79.9. The van der Waals surface area contributed by atoms with Crippen LogP contribution in [-0.2, 0) is 0 Å². The summed E-state index contributed by atoms with van der Waals surface area (Å²) in [7, 11) is 0. The molecule has 1 saturated heterocycles. The molecule has 1 aromatic carbocycles. The number of thiocarbonyl (C=S) groups is 1. The number of hydrogen-bond donors (Lipinski definition) is 1. The summed E-state index contributed by atoms with van der Waals surface area (Å²) in [6.07, 6.45) is 1.64. The number of hydrogen-bond acceptors (Lipinski definition) is 2. The molecule has 0 unspecified atom stereocenters. The highest BCUT2D eigenvalue weighted by molar-refractivity contribution is 9.11. The molecule has 2 rings (SSSR count). The second kappa shape index (κ2) is 6.12. The van der Waals surface area contributed by atoms with E-state index in [0.717, 1.165) is 21.8 Å². The third kappa shape index (κ3) is 3.23. The monoisotopic (exact) mass is 418 g/mol. The van der Waals surface area contributed by atoms with Gasteiger partial charge < -0.3 is 10.6 Å². The fourth-order valence-corrected chi connectivity index (χ4v) is 3.26. The van der Waals surface area contributed by atoms with Crippen LogP contribution in [0.1, 0.15) is 30.1 Å².